The monoisotopic (exact) mass is 566 g/mol. The van der Waals surface area contributed by atoms with E-state index in [1.54, 1.807) is 18.6 Å². The lowest BCUT2D eigenvalue weighted by atomic mass is 9.79. The number of ether oxygens (including phenoxy) is 2. The molecule has 3 N–H and O–H groups in total. The lowest BCUT2D eigenvalue weighted by Gasteiger charge is -2.41. The second-order valence-electron chi connectivity index (χ2n) is 10.7. The molecule has 1 aromatic carbocycles. The number of rotatable bonds is 7. The smallest absolute Gasteiger partial charge is 0.410 e. The number of piperidine rings is 2. The number of sulfonamides is 1. The topological polar surface area (TPSA) is 155 Å². The van der Waals surface area contributed by atoms with E-state index in [1.807, 2.05) is 19.1 Å². The van der Waals surface area contributed by atoms with Crippen molar-refractivity contribution < 1.29 is 37.5 Å². The van der Waals surface area contributed by atoms with Crippen molar-refractivity contribution in [1.82, 2.24) is 20.0 Å². The molecule has 3 aliphatic rings. The van der Waals surface area contributed by atoms with Crippen LogP contribution in [-0.4, -0.2) is 99.0 Å². The summed E-state index contributed by atoms with van der Waals surface area (Å²) in [7, 11) is -2.25. The number of likely N-dealkylation sites (tertiary alicyclic amines) is 1. The normalized spacial score (nSPS) is 22.3. The maximum absolute atomic E-state index is 13.5. The van der Waals surface area contributed by atoms with Gasteiger partial charge in [-0.2, -0.15) is 0 Å². The summed E-state index contributed by atoms with van der Waals surface area (Å²) in [4.78, 5) is 38.7. The molecular weight excluding hydrogens is 528 g/mol. The van der Waals surface area contributed by atoms with E-state index in [9.17, 15) is 28.0 Å². The van der Waals surface area contributed by atoms with E-state index in [4.69, 9.17) is 9.47 Å². The maximum Gasteiger partial charge on any atom is 0.410 e. The van der Waals surface area contributed by atoms with Gasteiger partial charge in [0.25, 0.3) is 11.8 Å². The van der Waals surface area contributed by atoms with Gasteiger partial charge in [0.1, 0.15) is 6.10 Å². The first-order valence-electron chi connectivity index (χ1n) is 13.4. The van der Waals surface area contributed by atoms with Crippen molar-refractivity contribution in [1.29, 1.82) is 0 Å². The van der Waals surface area contributed by atoms with Crippen LogP contribution in [0.2, 0.25) is 0 Å². The number of hydrogen-bond donors (Lipinski definition) is 3. The van der Waals surface area contributed by atoms with Crippen LogP contribution in [0.1, 0.15) is 59.5 Å². The van der Waals surface area contributed by atoms with Gasteiger partial charge in [0.15, 0.2) is 0 Å². The maximum atomic E-state index is 13.5. The Bertz CT molecular complexity index is 1170. The number of benzene rings is 1. The highest BCUT2D eigenvalue weighted by Gasteiger charge is 2.47. The molecule has 216 valence electrons. The first kappa shape index (κ1) is 29.2. The Morgan fingerprint density at radius 1 is 1.13 bits per heavy atom. The van der Waals surface area contributed by atoms with Crippen LogP contribution < -0.4 is 10.8 Å². The molecule has 3 heterocycles. The van der Waals surface area contributed by atoms with Crippen molar-refractivity contribution in [2.24, 2.45) is 5.41 Å². The van der Waals surface area contributed by atoms with Crippen LogP contribution in [0, 0.1) is 12.3 Å². The standard InChI is InChI=1S/C26H38N4O8S/c1-18-15-20(23(31)27-2)3-4-22(18)19-5-10-30(11-6-19)39(35,36)17-26(24(32)28-34)8-12-29(13-9-26)25(33)38-21-7-14-37-16-21/h3-4,15,19,21,34H,5-14,16-17H2,1-2H3,(H,27,31)(H,28,32)/t21-/m0/s1. The van der Waals surface area contributed by atoms with E-state index in [0.717, 1.165) is 11.1 Å². The molecule has 0 saturated carbocycles. The molecule has 3 amide bonds. The lowest BCUT2D eigenvalue weighted by Crippen LogP contribution is -2.55. The van der Waals surface area contributed by atoms with Crippen LogP contribution in [0.15, 0.2) is 18.2 Å². The molecule has 3 aliphatic heterocycles. The van der Waals surface area contributed by atoms with Gasteiger partial charge < -0.3 is 19.7 Å². The Morgan fingerprint density at radius 3 is 2.38 bits per heavy atom. The highest BCUT2D eigenvalue weighted by molar-refractivity contribution is 7.89. The Balaban J connectivity index is 1.37. The summed E-state index contributed by atoms with van der Waals surface area (Å²) in [5, 5.41) is 12.0. The van der Waals surface area contributed by atoms with Crippen molar-refractivity contribution >= 4 is 27.9 Å². The van der Waals surface area contributed by atoms with Gasteiger partial charge in [0, 0.05) is 45.2 Å². The summed E-state index contributed by atoms with van der Waals surface area (Å²) >= 11 is 0. The third-order valence-corrected chi connectivity index (χ3v) is 10.3. The summed E-state index contributed by atoms with van der Waals surface area (Å²) in [6.07, 6.45) is 1.22. The van der Waals surface area contributed by atoms with Gasteiger partial charge >= 0.3 is 6.09 Å². The molecular formula is C26H38N4O8S. The van der Waals surface area contributed by atoms with Crippen LogP contribution in [0.5, 0.6) is 0 Å². The first-order chi connectivity index (χ1) is 18.6. The Hall–Kier alpha value is -2.74. The molecule has 4 rings (SSSR count). The van der Waals surface area contributed by atoms with E-state index < -0.39 is 33.2 Å². The molecule has 1 atom stereocenters. The molecule has 3 fully saturated rings. The van der Waals surface area contributed by atoms with Crippen molar-refractivity contribution in [3.8, 4) is 0 Å². The van der Waals surface area contributed by atoms with E-state index in [-0.39, 0.29) is 43.9 Å². The molecule has 39 heavy (non-hydrogen) atoms. The highest BCUT2D eigenvalue weighted by atomic mass is 32.2. The van der Waals surface area contributed by atoms with Gasteiger partial charge in [-0.15, -0.1) is 0 Å². The number of carbonyl (C=O) groups excluding carboxylic acids is 3. The zero-order chi connectivity index (χ0) is 28.2. The zero-order valence-corrected chi connectivity index (χ0v) is 23.3. The van der Waals surface area contributed by atoms with Crippen molar-refractivity contribution in [3.05, 3.63) is 34.9 Å². The van der Waals surface area contributed by atoms with E-state index >= 15 is 0 Å². The Labute approximate surface area is 229 Å². The van der Waals surface area contributed by atoms with E-state index in [2.05, 4.69) is 5.32 Å². The van der Waals surface area contributed by atoms with Gasteiger partial charge in [0.05, 0.1) is 24.4 Å². The average molecular weight is 567 g/mol. The van der Waals surface area contributed by atoms with Crippen LogP contribution >= 0.6 is 0 Å². The predicted octanol–water partition coefficient (Wildman–Crippen LogP) is 1.38. The number of nitrogens with one attached hydrogen (secondary N) is 2. The van der Waals surface area contributed by atoms with Gasteiger partial charge in [-0.1, -0.05) is 6.07 Å². The second kappa shape index (κ2) is 12.2. The minimum atomic E-state index is -3.83. The summed E-state index contributed by atoms with van der Waals surface area (Å²) in [5.41, 5.74) is 2.96. The Kier molecular flexibility index (Phi) is 9.14. The molecule has 13 heteroatoms. The van der Waals surface area contributed by atoms with E-state index in [0.29, 0.717) is 51.1 Å². The number of nitrogens with zero attached hydrogens (tertiary/aromatic N) is 2. The van der Waals surface area contributed by atoms with Crippen LogP contribution in [0.4, 0.5) is 4.79 Å². The fourth-order valence-electron chi connectivity index (χ4n) is 5.80. The molecule has 3 saturated heterocycles. The van der Waals surface area contributed by atoms with Gasteiger partial charge in [-0.25, -0.2) is 23.0 Å². The molecule has 1 aromatic rings. The lowest BCUT2D eigenvalue weighted by molar-refractivity contribution is -0.141. The molecule has 0 aromatic heterocycles. The molecule has 0 spiro atoms. The minimum absolute atomic E-state index is 0.0856. The average Bonchev–Trinajstić information content (AvgIpc) is 3.45. The minimum Gasteiger partial charge on any atom is -0.444 e. The quantitative estimate of drug-likeness (QED) is 0.330. The number of amides is 3. The fraction of sp³-hybridized carbons (Fsp3) is 0.654. The van der Waals surface area contributed by atoms with Gasteiger partial charge in [-0.05, 0) is 61.8 Å². The number of carbonyl (C=O) groups is 3. The van der Waals surface area contributed by atoms with E-state index in [1.165, 1.54) is 9.21 Å². The predicted molar refractivity (Wildman–Crippen MR) is 141 cm³/mol. The summed E-state index contributed by atoms with van der Waals surface area (Å²) in [6, 6.07) is 5.57. The van der Waals surface area contributed by atoms with Crippen molar-refractivity contribution in [2.45, 2.75) is 51.0 Å². The number of aryl methyl sites for hydroxylation is 1. The highest BCUT2D eigenvalue weighted by Crippen LogP contribution is 2.37. The third-order valence-electron chi connectivity index (χ3n) is 8.22. The SMILES string of the molecule is CNC(=O)c1ccc(C2CCN(S(=O)(=O)CC3(C(=O)NO)CCN(C(=O)O[C@H]4CCOC4)CC3)CC2)c(C)c1. The largest absolute Gasteiger partial charge is 0.444 e. The molecule has 0 unspecified atom stereocenters. The molecule has 0 aliphatic carbocycles. The van der Waals surface area contributed by atoms with Crippen LogP contribution in [0.3, 0.4) is 0 Å². The summed E-state index contributed by atoms with van der Waals surface area (Å²) < 4.78 is 39.1. The van der Waals surface area contributed by atoms with Crippen molar-refractivity contribution in [2.75, 3.05) is 52.2 Å². The Morgan fingerprint density at radius 2 is 1.82 bits per heavy atom. The summed E-state index contributed by atoms with van der Waals surface area (Å²) in [5.74, 6) is -1.21. The molecule has 12 nitrogen and oxygen atoms in total. The second-order valence-corrected chi connectivity index (χ2v) is 12.6. The van der Waals surface area contributed by atoms with Gasteiger partial charge in [-0.3, -0.25) is 14.8 Å². The number of hydrogen-bond acceptors (Lipinski definition) is 8. The fourth-order valence-corrected chi connectivity index (χ4v) is 7.87. The van der Waals surface area contributed by atoms with Crippen molar-refractivity contribution in [3.63, 3.8) is 0 Å². The zero-order valence-electron chi connectivity index (χ0n) is 22.5. The third kappa shape index (κ3) is 6.53. The van der Waals surface area contributed by atoms with Crippen LogP contribution in [0.25, 0.3) is 0 Å². The molecule has 0 bridgehead atoms. The summed E-state index contributed by atoms with van der Waals surface area (Å²) in [6.45, 7) is 3.74. The van der Waals surface area contributed by atoms with Crippen LogP contribution in [-0.2, 0) is 24.3 Å². The van der Waals surface area contributed by atoms with Gasteiger partial charge in [0.2, 0.25) is 10.0 Å². The number of hydroxylamine groups is 1. The first-order valence-corrected chi connectivity index (χ1v) is 15.0. The molecule has 0 radical (unpaired) electrons.